The van der Waals surface area contributed by atoms with E-state index in [1.165, 1.54) is 30.9 Å². The molecule has 5 nitrogen and oxygen atoms in total. The maximum atomic E-state index is 14.0. The van der Waals surface area contributed by atoms with Crippen LogP contribution in [-0.4, -0.2) is 17.3 Å². The van der Waals surface area contributed by atoms with Crippen molar-refractivity contribution < 1.29 is 9.13 Å². The highest BCUT2D eigenvalue weighted by molar-refractivity contribution is 5.92. The zero-order valence-electron chi connectivity index (χ0n) is 16.1. The number of rotatable bonds is 2. The Hall–Kier alpha value is -3.07. The van der Waals surface area contributed by atoms with E-state index in [1.54, 1.807) is 13.2 Å². The lowest BCUT2D eigenvalue weighted by Gasteiger charge is -2.44. The van der Waals surface area contributed by atoms with Crippen molar-refractivity contribution in [3.05, 3.63) is 53.0 Å². The molecule has 2 aliphatic carbocycles. The molecule has 2 fully saturated rings. The molecule has 0 unspecified atom stereocenters. The van der Waals surface area contributed by atoms with Crippen molar-refractivity contribution in [3.8, 4) is 11.8 Å². The molecule has 2 aromatic carbocycles. The van der Waals surface area contributed by atoms with E-state index in [-0.39, 0.29) is 11.6 Å². The number of anilines is 1. The molecule has 1 aromatic heterocycles. The molecule has 2 N–H and O–H groups in total. The fourth-order valence-corrected chi connectivity index (χ4v) is 6.37. The second kappa shape index (κ2) is 5.96. The minimum atomic E-state index is -0.463. The third kappa shape index (κ3) is 2.21. The van der Waals surface area contributed by atoms with Crippen LogP contribution >= 0.6 is 0 Å². The molecule has 2 bridgehead atoms. The molecule has 0 spiro atoms. The van der Waals surface area contributed by atoms with Gasteiger partial charge in [-0.15, -0.1) is 0 Å². The lowest BCUT2D eigenvalue weighted by atomic mass is 9.67. The highest BCUT2D eigenvalue weighted by atomic mass is 19.1. The lowest BCUT2D eigenvalue weighted by molar-refractivity contribution is 0.247. The summed E-state index contributed by atoms with van der Waals surface area (Å²) in [6.07, 6.45) is 5.64. The van der Waals surface area contributed by atoms with E-state index in [0.717, 1.165) is 27.9 Å². The van der Waals surface area contributed by atoms with Crippen molar-refractivity contribution >= 4 is 16.6 Å². The standard InChI is InChI=1S/C23H21FN4O/c1-29-18-8-17-15(10-26-28-17)21-19-11-2-3-12(6-11)20(19)22(27-23(18)21)13-4-5-16(24)14(7-13)9-25/h4-5,7-8,10-12,19-20,22,27H,2-3,6H2,1H3,(H,26,28)/t11-,12-,19+,20-,22+/m1/s1. The molecule has 29 heavy (non-hydrogen) atoms. The van der Waals surface area contributed by atoms with Gasteiger partial charge in [-0.3, -0.25) is 5.10 Å². The van der Waals surface area contributed by atoms with Crippen molar-refractivity contribution in [1.29, 1.82) is 5.26 Å². The Morgan fingerprint density at radius 3 is 2.93 bits per heavy atom. The summed E-state index contributed by atoms with van der Waals surface area (Å²) in [6, 6.07) is 8.97. The largest absolute Gasteiger partial charge is 0.494 e. The minimum absolute atomic E-state index is 0.0359. The molecule has 3 aliphatic rings. The van der Waals surface area contributed by atoms with Gasteiger partial charge in [0.2, 0.25) is 0 Å². The van der Waals surface area contributed by atoms with Gasteiger partial charge in [-0.05, 0) is 66.2 Å². The second-order valence-electron chi connectivity index (χ2n) is 8.61. The quantitative estimate of drug-likeness (QED) is 0.656. The van der Waals surface area contributed by atoms with Gasteiger partial charge < -0.3 is 10.1 Å². The SMILES string of the molecule is COc1cc2[nH]ncc2c2c1N[C@@H](c1ccc(F)c(C#N)c1)[C@@H]1[C@@H]3CC[C@H](C3)[C@H]21. The predicted molar refractivity (Wildman–Crippen MR) is 107 cm³/mol. The number of nitrogens with one attached hydrogen (secondary N) is 2. The average Bonchev–Trinajstić information content (AvgIpc) is 3.48. The van der Waals surface area contributed by atoms with Crippen LogP contribution in [0.2, 0.25) is 0 Å². The van der Waals surface area contributed by atoms with Gasteiger partial charge in [-0.25, -0.2) is 4.39 Å². The zero-order valence-corrected chi connectivity index (χ0v) is 16.1. The molecule has 2 saturated carbocycles. The van der Waals surface area contributed by atoms with Gasteiger partial charge in [0.25, 0.3) is 0 Å². The number of nitriles is 1. The van der Waals surface area contributed by atoms with Crippen LogP contribution in [0.1, 0.15) is 47.9 Å². The summed E-state index contributed by atoms with van der Waals surface area (Å²) in [5.74, 6) is 2.46. The number of fused-ring (bicyclic) bond motifs is 9. The smallest absolute Gasteiger partial charge is 0.144 e. The highest BCUT2D eigenvalue weighted by Crippen LogP contribution is 2.65. The summed E-state index contributed by atoms with van der Waals surface area (Å²) in [7, 11) is 1.69. The van der Waals surface area contributed by atoms with Gasteiger partial charge in [0.15, 0.2) is 0 Å². The van der Waals surface area contributed by atoms with Gasteiger partial charge in [0.1, 0.15) is 17.6 Å². The van der Waals surface area contributed by atoms with E-state index in [1.807, 2.05) is 24.4 Å². The first kappa shape index (κ1) is 16.8. The lowest BCUT2D eigenvalue weighted by Crippen LogP contribution is -2.35. The van der Waals surface area contributed by atoms with Crippen LogP contribution in [0, 0.1) is 34.9 Å². The Morgan fingerprint density at radius 1 is 1.24 bits per heavy atom. The number of H-pyrrole nitrogens is 1. The molecular formula is C23H21FN4O. The fraction of sp³-hybridized carbons (Fsp3) is 0.391. The highest BCUT2D eigenvalue weighted by Gasteiger charge is 2.54. The molecule has 6 rings (SSSR count). The van der Waals surface area contributed by atoms with Crippen LogP contribution in [0.3, 0.4) is 0 Å². The number of nitrogens with zero attached hydrogens (tertiary/aromatic N) is 2. The molecule has 0 amide bonds. The maximum absolute atomic E-state index is 14.0. The monoisotopic (exact) mass is 388 g/mol. The van der Waals surface area contributed by atoms with Crippen LogP contribution in [0.5, 0.6) is 5.75 Å². The molecule has 5 atom stereocenters. The second-order valence-corrected chi connectivity index (χ2v) is 8.61. The fourth-order valence-electron chi connectivity index (χ4n) is 6.37. The number of benzene rings is 2. The average molecular weight is 388 g/mol. The van der Waals surface area contributed by atoms with Gasteiger partial charge in [0, 0.05) is 11.5 Å². The minimum Gasteiger partial charge on any atom is -0.494 e. The van der Waals surface area contributed by atoms with Gasteiger partial charge >= 0.3 is 0 Å². The normalized spacial score (nSPS) is 29.2. The van der Waals surface area contributed by atoms with Crippen LogP contribution < -0.4 is 10.1 Å². The first-order valence-electron chi connectivity index (χ1n) is 10.2. The first-order valence-corrected chi connectivity index (χ1v) is 10.2. The predicted octanol–water partition coefficient (Wildman–Crippen LogP) is 4.88. The third-order valence-electron chi connectivity index (χ3n) is 7.44. The van der Waals surface area contributed by atoms with Crippen molar-refractivity contribution in [1.82, 2.24) is 10.2 Å². The van der Waals surface area contributed by atoms with Crippen LogP contribution in [0.15, 0.2) is 30.5 Å². The number of aromatic amines is 1. The van der Waals surface area contributed by atoms with E-state index in [9.17, 15) is 9.65 Å². The summed E-state index contributed by atoms with van der Waals surface area (Å²) in [5, 5.41) is 21.6. The molecule has 2 heterocycles. The van der Waals surface area contributed by atoms with E-state index >= 15 is 0 Å². The third-order valence-corrected chi connectivity index (χ3v) is 7.44. The van der Waals surface area contributed by atoms with Crippen molar-refractivity contribution in [2.75, 3.05) is 12.4 Å². The van der Waals surface area contributed by atoms with Gasteiger partial charge in [0.05, 0.1) is 36.1 Å². The molecule has 3 aromatic rings. The topological polar surface area (TPSA) is 73.7 Å². The number of halogens is 1. The molecule has 6 heteroatoms. The molecule has 146 valence electrons. The van der Waals surface area contributed by atoms with Crippen LogP contribution in [0.4, 0.5) is 10.1 Å². The number of methoxy groups -OCH3 is 1. The Kier molecular flexibility index (Phi) is 3.46. The summed E-state index contributed by atoms with van der Waals surface area (Å²) in [5.41, 5.74) is 4.40. The van der Waals surface area contributed by atoms with E-state index in [2.05, 4.69) is 15.5 Å². The summed E-state index contributed by atoms with van der Waals surface area (Å²) < 4.78 is 19.7. The number of ether oxygens (including phenoxy) is 1. The number of hydrogen-bond donors (Lipinski definition) is 2. The Labute approximate surface area is 167 Å². The van der Waals surface area contributed by atoms with Crippen molar-refractivity contribution in [2.24, 2.45) is 17.8 Å². The van der Waals surface area contributed by atoms with Gasteiger partial charge in [-0.1, -0.05) is 6.07 Å². The number of hydrogen-bond acceptors (Lipinski definition) is 4. The summed E-state index contributed by atoms with van der Waals surface area (Å²) in [6.45, 7) is 0. The van der Waals surface area contributed by atoms with Crippen LogP contribution in [-0.2, 0) is 0 Å². The maximum Gasteiger partial charge on any atom is 0.144 e. The van der Waals surface area contributed by atoms with Crippen molar-refractivity contribution in [2.45, 2.75) is 31.2 Å². The van der Waals surface area contributed by atoms with E-state index in [4.69, 9.17) is 4.74 Å². The molecular weight excluding hydrogens is 367 g/mol. The Morgan fingerprint density at radius 2 is 2.10 bits per heavy atom. The number of aromatic nitrogens is 2. The van der Waals surface area contributed by atoms with Crippen LogP contribution in [0.25, 0.3) is 10.9 Å². The first-order chi connectivity index (χ1) is 14.2. The van der Waals surface area contributed by atoms with Crippen molar-refractivity contribution in [3.63, 3.8) is 0 Å². The Balaban J connectivity index is 1.58. The summed E-state index contributed by atoms with van der Waals surface area (Å²) >= 11 is 0. The zero-order chi connectivity index (χ0) is 19.7. The Bertz CT molecular complexity index is 1180. The molecule has 1 aliphatic heterocycles. The molecule has 0 saturated heterocycles. The van der Waals surface area contributed by atoms with E-state index in [0.29, 0.717) is 23.7 Å². The molecule has 0 radical (unpaired) electrons. The van der Waals surface area contributed by atoms with Gasteiger partial charge in [-0.2, -0.15) is 10.4 Å². The summed E-state index contributed by atoms with van der Waals surface area (Å²) in [4.78, 5) is 0. The van der Waals surface area contributed by atoms with E-state index < -0.39 is 5.82 Å².